The second kappa shape index (κ2) is 13.2. The monoisotopic (exact) mass is 406 g/mol. The maximum atomic E-state index is 12.3. The zero-order valence-electron chi connectivity index (χ0n) is 18.9. The van der Waals surface area contributed by atoms with Crippen LogP contribution in [0.25, 0.3) is 0 Å². The fourth-order valence-corrected chi connectivity index (χ4v) is 3.45. The van der Waals surface area contributed by atoms with Crippen molar-refractivity contribution in [1.29, 1.82) is 0 Å². The largest absolute Gasteiger partial charge is 0.469 e. The fourth-order valence-electron chi connectivity index (χ4n) is 3.45. The normalized spacial score (nSPS) is 13.2. The standard InChI is InChI=1S/C23H38N2O4/c1-7-19(11-12-25(4)5)20-9-8-10-21(15-20)29-23(27)24-16-18(13-17(2)3)14-22(26)28-6/h8-10,15,17-19H,7,11-14,16H2,1-6H3,(H,24,27). The number of nitrogens with zero attached hydrogens (tertiary/aromatic N) is 1. The number of esters is 1. The summed E-state index contributed by atoms with van der Waals surface area (Å²) in [5.74, 6) is 1.15. The Kier molecular flexibility index (Phi) is 11.4. The van der Waals surface area contributed by atoms with E-state index in [1.54, 1.807) is 6.07 Å². The smallest absolute Gasteiger partial charge is 0.412 e. The van der Waals surface area contributed by atoms with Gasteiger partial charge in [0.05, 0.1) is 13.5 Å². The molecule has 0 heterocycles. The third-order valence-corrected chi connectivity index (χ3v) is 4.98. The molecular weight excluding hydrogens is 368 g/mol. The van der Waals surface area contributed by atoms with Crippen molar-refractivity contribution in [3.05, 3.63) is 29.8 Å². The topological polar surface area (TPSA) is 67.9 Å². The van der Waals surface area contributed by atoms with E-state index in [1.165, 1.54) is 12.7 Å². The van der Waals surface area contributed by atoms with Gasteiger partial charge in [-0.3, -0.25) is 4.79 Å². The van der Waals surface area contributed by atoms with E-state index in [4.69, 9.17) is 9.47 Å². The maximum absolute atomic E-state index is 12.3. The molecule has 0 bridgehead atoms. The van der Waals surface area contributed by atoms with Crippen LogP contribution >= 0.6 is 0 Å². The zero-order chi connectivity index (χ0) is 21.8. The number of nitrogens with one attached hydrogen (secondary N) is 1. The van der Waals surface area contributed by atoms with Crippen LogP contribution in [0.5, 0.6) is 5.75 Å². The number of carbonyl (C=O) groups excluding carboxylic acids is 2. The first-order valence-corrected chi connectivity index (χ1v) is 10.5. The van der Waals surface area contributed by atoms with Gasteiger partial charge in [0.1, 0.15) is 5.75 Å². The summed E-state index contributed by atoms with van der Waals surface area (Å²) in [6.07, 6.45) is 2.71. The summed E-state index contributed by atoms with van der Waals surface area (Å²) in [6, 6.07) is 7.75. The number of rotatable bonds is 12. The summed E-state index contributed by atoms with van der Waals surface area (Å²) in [4.78, 5) is 26.0. The molecule has 0 fully saturated rings. The first-order chi connectivity index (χ1) is 13.7. The molecule has 29 heavy (non-hydrogen) atoms. The molecule has 6 nitrogen and oxygen atoms in total. The van der Waals surface area contributed by atoms with E-state index in [9.17, 15) is 9.59 Å². The van der Waals surface area contributed by atoms with Gasteiger partial charge in [-0.05, 0) is 75.4 Å². The van der Waals surface area contributed by atoms with E-state index in [0.29, 0.717) is 24.1 Å². The lowest BCUT2D eigenvalue weighted by Gasteiger charge is -2.19. The molecular formula is C23H38N2O4. The summed E-state index contributed by atoms with van der Waals surface area (Å²) in [7, 11) is 5.53. The highest BCUT2D eigenvalue weighted by atomic mass is 16.6. The molecule has 0 aliphatic heterocycles. The van der Waals surface area contributed by atoms with E-state index >= 15 is 0 Å². The Labute approximate surface area is 175 Å². The number of methoxy groups -OCH3 is 1. The van der Waals surface area contributed by atoms with Crippen molar-refractivity contribution < 1.29 is 19.1 Å². The zero-order valence-corrected chi connectivity index (χ0v) is 18.9. The van der Waals surface area contributed by atoms with E-state index in [0.717, 1.165) is 25.8 Å². The Hall–Kier alpha value is -2.08. The SMILES string of the molecule is CCC(CCN(C)C)c1cccc(OC(=O)NCC(CC(=O)OC)CC(C)C)c1. The van der Waals surface area contributed by atoms with Crippen LogP contribution in [0, 0.1) is 11.8 Å². The van der Waals surface area contributed by atoms with Crippen LogP contribution in [-0.4, -0.2) is 51.3 Å². The number of benzene rings is 1. The molecule has 1 aromatic rings. The van der Waals surface area contributed by atoms with Crippen LogP contribution in [0.3, 0.4) is 0 Å². The number of ether oxygens (including phenoxy) is 2. The Bertz CT molecular complexity index is 631. The highest BCUT2D eigenvalue weighted by Gasteiger charge is 2.18. The van der Waals surface area contributed by atoms with Crippen LogP contribution < -0.4 is 10.1 Å². The van der Waals surface area contributed by atoms with Crippen molar-refractivity contribution in [3.8, 4) is 5.75 Å². The van der Waals surface area contributed by atoms with E-state index in [2.05, 4.69) is 51.1 Å². The third kappa shape index (κ3) is 10.3. The lowest BCUT2D eigenvalue weighted by molar-refractivity contribution is -0.141. The number of hydrogen-bond donors (Lipinski definition) is 1. The van der Waals surface area contributed by atoms with Gasteiger partial charge in [-0.25, -0.2) is 4.79 Å². The van der Waals surface area contributed by atoms with E-state index in [1.807, 2.05) is 12.1 Å². The molecule has 164 valence electrons. The van der Waals surface area contributed by atoms with Gasteiger partial charge in [0.2, 0.25) is 0 Å². The van der Waals surface area contributed by atoms with Gasteiger partial charge in [0.15, 0.2) is 0 Å². The highest BCUT2D eigenvalue weighted by Crippen LogP contribution is 2.26. The van der Waals surface area contributed by atoms with Crippen LogP contribution in [-0.2, 0) is 9.53 Å². The summed E-state index contributed by atoms with van der Waals surface area (Å²) in [5, 5.41) is 2.79. The van der Waals surface area contributed by atoms with Gasteiger partial charge in [0.25, 0.3) is 0 Å². The Balaban J connectivity index is 2.65. The molecule has 1 aromatic carbocycles. The molecule has 2 atom stereocenters. The second-order valence-corrected chi connectivity index (χ2v) is 8.32. The van der Waals surface area contributed by atoms with Gasteiger partial charge in [-0.1, -0.05) is 32.9 Å². The summed E-state index contributed by atoms with van der Waals surface area (Å²) in [5.41, 5.74) is 1.18. The molecule has 0 radical (unpaired) electrons. The summed E-state index contributed by atoms with van der Waals surface area (Å²) < 4.78 is 10.2. The van der Waals surface area contributed by atoms with Gasteiger partial charge in [0, 0.05) is 6.54 Å². The van der Waals surface area contributed by atoms with Crippen LogP contribution in [0.2, 0.25) is 0 Å². The highest BCUT2D eigenvalue weighted by molar-refractivity contribution is 5.71. The predicted octanol–water partition coefficient (Wildman–Crippen LogP) is 4.45. The van der Waals surface area contributed by atoms with Crippen LogP contribution in [0.4, 0.5) is 4.79 Å². The maximum Gasteiger partial charge on any atom is 0.412 e. The minimum atomic E-state index is -0.498. The molecule has 6 heteroatoms. The van der Waals surface area contributed by atoms with Crippen molar-refractivity contribution in [3.63, 3.8) is 0 Å². The summed E-state index contributed by atoms with van der Waals surface area (Å²) >= 11 is 0. The Morgan fingerprint density at radius 3 is 2.52 bits per heavy atom. The van der Waals surface area contributed by atoms with Gasteiger partial charge in [-0.15, -0.1) is 0 Å². The van der Waals surface area contributed by atoms with Gasteiger partial charge >= 0.3 is 12.1 Å². The molecule has 1 N–H and O–H groups in total. The fraction of sp³-hybridized carbons (Fsp3) is 0.652. The molecule has 0 spiro atoms. The lowest BCUT2D eigenvalue weighted by Crippen LogP contribution is -2.33. The molecule has 0 aliphatic rings. The first kappa shape index (κ1) is 25.0. The third-order valence-electron chi connectivity index (χ3n) is 4.98. The van der Waals surface area contributed by atoms with Gasteiger partial charge in [-0.2, -0.15) is 0 Å². The Morgan fingerprint density at radius 1 is 1.21 bits per heavy atom. The molecule has 0 saturated heterocycles. The van der Waals surface area contributed by atoms with E-state index < -0.39 is 6.09 Å². The number of hydrogen-bond acceptors (Lipinski definition) is 5. The second-order valence-electron chi connectivity index (χ2n) is 8.32. The van der Waals surface area contributed by atoms with Crippen molar-refractivity contribution in [2.24, 2.45) is 11.8 Å². The van der Waals surface area contributed by atoms with Crippen LogP contribution in [0.15, 0.2) is 24.3 Å². The molecule has 0 aliphatic carbocycles. The molecule has 0 saturated carbocycles. The van der Waals surface area contributed by atoms with Crippen molar-refractivity contribution in [2.45, 2.75) is 52.4 Å². The first-order valence-electron chi connectivity index (χ1n) is 10.5. The predicted molar refractivity (Wildman–Crippen MR) is 116 cm³/mol. The molecule has 1 rings (SSSR count). The minimum absolute atomic E-state index is 0.0249. The molecule has 1 amide bonds. The average Bonchev–Trinajstić information content (AvgIpc) is 2.66. The molecule has 2 unspecified atom stereocenters. The van der Waals surface area contributed by atoms with Crippen molar-refractivity contribution in [2.75, 3.05) is 34.3 Å². The number of carbonyl (C=O) groups is 2. The van der Waals surface area contributed by atoms with E-state index in [-0.39, 0.29) is 18.3 Å². The number of amides is 1. The Morgan fingerprint density at radius 2 is 1.93 bits per heavy atom. The lowest BCUT2D eigenvalue weighted by atomic mass is 9.93. The quantitative estimate of drug-likeness (QED) is 0.520. The minimum Gasteiger partial charge on any atom is -0.469 e. The van der Waals surface area contributed by atoms with Crippen LogP contribution in [0.1, 0.15) is 57.9 Å². The van der Waals surface area contributed by atoms with Crippen molar-refractivity contribution >= 4 is 12.1 Å². The van der Waals surface area contributed by atoms with Crippen molar-refractivity contribution in [1.82, 2.24) is 10.2 Å². The summed E-state index contributed by atoms with van der Waals surface area (Å²) in [6.45, 7) is 7.76. The molecule has 0 aromatic heterocycles. The van der Waals surface area contributed by atoms with Gasteiger partial charge < -0.3 is 19.7 Å². The average molecular weight is 407 g/mol.